The van der Waals surface area contributed by atoms with Crippen molar-refractivity contribution >= 4 is 55.5 Å². The number of hydrogen-bond acceptors (Lipinski definition) is 5. The van der Waals surface area contributed by atoms with E-state index in [1.807, 2.05) is 13.8 Å². The molecule has 24 heavy (non-hydrogen) atoms. The summed E-state index contributed by atoms with van der Waals surface area (Å²) in [6, 6.07) is 7.27. The number of halogens is 1. The van der Waals surface area contributed by atoms with E-state index in [0.29, 0.717) is 21.9 Å². The number of nitrogens with one attached hydrogen (secondary N) is 2. The van der Waals surface area contributed by atoms with Crippen LogP contribution in [0.3, 0.4) is 0 Å². The van der Waals surface area contributed by atoms with Gasteiger partial charge in [0, 0.05) is 9.35 Å². The lowest BCUT2D eigenvalue weighted by Crippen LogP contribution is -2.34. The highest BCUT2D eigenvalue weighted by molar-refractivity contribution is 9.10. The minimum atomic E-state index is -0.394. The summed E-state index contributed by atoms with van der Waals surface area (Å²) in [7, 11) is 1.49. The maximum atomic E-state index is 12.4. The minimum Gasteiger partial charge on any atom is -0.496 e. The lowest BCUT2D eigenvalue weighted by atomic mass is 10.2. The summed E-state index contributed by atoms with van der Waals surface area (Å²) in [5.41, 5.74) is 1.80. The Bertz CT molecular complexity index is 856. The van der Waals surface area contributed by atoms with Crippen molar-refractivity contribution in [1.29, 1.82) is 5.26 Å². The molecule has 0 radical (unpaired) electrons. The molecule has 1 aromatic heterocycles. The molecule has 0 saturated carbocycles. The zero-order valence-corrected chi connectivity index (χ0v) is 16.4. The molecule has 0 atom stereocenters. The molecule has 0 aliphatic carbocycles. The summed E-state index contributed by atoms with van der Waals surface area (Å²) in [4.78, 5) is 13.4. The van der Waals surface area contributed by atoms with Gasteiger partial charge in [-0.1, -0.05) is 15.9 Å². The summed E-state index contributed by atoms with van der Waals surface area (Å²) >= 11 is 9.93. The third kappa shape index (κ3) is 3.93. The Morgan fingerprint density at radius 3 is 2.75 bits per heavy atom. The van der Waals surface area contributed by atoms with Crippen LogP contribution in [-0.2, 0) is 0 Å². The van der Waals surface area contributed by atoms with Crippen molar-refractivity contribution < 1.29 is 9.53 Å². The molecule has 5 nitrogen and oxygen atoms in total. The summed E-state index contributed by atoms with van der Waals surface area (Å²) in [6.45, 7) is 3.81. The standard InChI is InChI=1S/C16H14BrN3O2S2/c1-8-9(2)24-15(12(8)7-18)20-16(23)19-14(21)11-6-10(17)4-5-13(11)22-3/h4-6H,1-3H3,(H2,19,20,21,23). The number of benzene rings is 1. The molecular weight excluding hydrogens is 410 g/mol. The number of hydrogen-bond donors (Lipinski definition) is 2. The van der Waals surface area contributed by atoms with Gasteiger partial charge in [0.2, 0.25) is 0 Å². The van der Waals surface area contributed by atoms with E-state index in [4.69, 9.17) is 17.0 Å². The molecule has 0 unspecified atom stereocenters. The fourth-order valence-corrected chi connectivity index (χ4v) is 3.65. The van der Waals surface area contributed by atoms with Gasteiger partial charge in [-0.25, -0.2) is 0 Å². The predicted octanol–water partition coefficient (Wildman–Crippen LogP) is 4.13. The van der Waals surface area contributed by atoms with E-state index in [-0.39, 0.29) is 5.11 Å². The van der Waals surface area contributed by atoms with E-state index < -0.39 is 5.91 Å². The van der Waals surface area contributed by atoms with E-state index in [9.17, 15) is 10.1 Å². The van der Waals surface area contributed by atoms with Crippen molar-refractivity contribution in [2.75, 3.05) is 12.4 Å². The first kappa shape index (κ1) is 18.4. The zero-order valence-electron chi connectivity index (χ0n) is 13.2. The van der Waals surface area contributed by atoms with Crippen LogP contribution < -0.4 is 15.4 Å². The van der Waals surface area contributed by atoms with Crippen molar-refractivity contribution in [2.45, 2.75) is 13.8 Å². The third-order valence-electron chi connectivity index (χ3n) is 3.36. The van der Waals surface area contributed by atoms with Crippen molar-refractivity contribution in [3.8, 4) is 11.8 Å². The fraction of sp³-hybridized carbons (Fsp3) is 0.188. The second-order valence-electron chi connectivity index (χ2n) is 4.85. The zero-order chi connectivity index (χ0) is 17.9. The fourth-order valence-electron chi connectivity index (χ4n) is 2.01. The average molecular weight is 424 g/mol. The van der Waals surface area contributed by atoms with Gasteiger partial charge in [-0.3, -0.25) is 10.1 Å². The number of thiocarbonyl (C=S) groups is 1. The molecule has 1 heterocycles. The lowest BCUT2D eigenvalue weighted by molar-refractivity contribution is 0.0974. The molecule has 2 N–H and O–H groups in total. The van der Waals surface area contributed by atoms with Crippen LogP contribution in [0.25, 0.3) is 0 Å². The Kier molecular flexibility index (Phi) is 5.94. The van der Waals surface area contributed by atoms with Gasteiger partial charge in [-0.05, 0) is 49.8 Å². The molecule has 0 fully saturated rings. The highest BCUT2D eigenvalue weighted by Gasteiger charge is 2.17. The number of carbonyl (C=O) groups is 1. The number of rotatable bonds is 3. The van der Waals surface area contributed by atoms with Crippen LogP contribution in [0.2, 0.25) is 0 Å². The first-order valence-corrected chi connectivity index (χ1v) is 8.85. The maximum absolute atomic E-state index is 12.4. The normalized spacial score (nSPS) is 9.96. The number of ether oxygens (including phenoxy) is 1. The van der Waals surface area contributed by atoms with Crippen LogP contribution in [0, 0.1) is 25.2 Å². The molecule has 0 bridgehead atoms. The Morgan fingerprint density at radius 2 is 2.12 bits per heavy atom. The quantitative estimate of drug-likeness (QED) is 0.725. The summed E-state index contributed by atoms with van der Waals surface area (Å²) in [5, 5.41) is 15.5. The number of nitriles is 1. The third-order valence-corrected chi connectivity index (χ3v) is 5.18. The van der Waals surface area contributed by atoms with Gasteiger partial charge in [0.1, 0.15) is 16.8 Å². The van der Waals surface area contributed by atoms with E-state index in [1.165, 1.54) is 18.4 Å². The largest absolute Gasteiger partial charge is 0.496 e. The Balaban J connectivity index is 2.16. The lowest BCUT2D eigenvalue weighted by Gasteiger charge is -2.11. The van der Waals surface area contributed by atoms with Gasteiger partial charge < -0.3 is 10.1 Å². The molecular formula is C16H14BrN3O2S2. The van der Waals surface area contributed by atoms with E-state index >= 15 is 0 Å². The molecule has 1 amide bonds. The number of nitrogens with zero attached hydrogens (tertiary/aromatic N) is 1. The second kappa shape index (κ2) is 7.75. The smallest absolute Gasteiger partial charge is 0.261 e. The van der Waals surface area contributed by atoms with Crippen LogP contribution in [0.4, 0.5) is 5.00 Å². The van der Waals surface area contributed by atoms with Crippen molar-refractivity contribution in [2.24, 2.45) is 0 Å². The highest BCUT2D eigenvalue weighted by atomic mass is 79.9. The topological polar surface area (TPSA) is 74.2 Å². The SMILES string of the molecule is COc1ccc(Br)cc1C(=O)NC(=S)Nc1sc(C)c(C)c1C#N. The second-order valence-corrected chi connectivity index (χ2v) is 7.40. The summed E-state index contributed by atoms with van der Waals surface area (Å²) < 4.78 is 5.94. The highest BCUT2D eigenvalue weighted by Crippen LogP contribution is 2.31. The van der Waals surface area contributed by atoms with Crippen LogP contribution in [0.5, 0.6) is 5.75 Å². The summed E-state index contributed by atoms with van der Waals surface area (Å²) in [5.74, 6) is 0.0492. The van der Waals surface area contributed by atoms with E-state index in [0.717, 1.165) is 14.9 Å². The van der Waals surface area contributed by atoms with Gasteiger partial charge in [-0.2, -0.15) is 5.26 Å². The Labute approximate surface area is 157 Å². The van der Waals surface area contributed by atoms with Crippen molar-refractivity contribution in [1.82, 2.24) is 5.32 Å². The van der Waals surface area contributed by atoms with Gasteiger partial charge in [0.25, 0.3) is 5.91 Å². The number of methoxy groups -OCH3 is 1. The number of thiophene rings is 1. The maximum Gasteiger partial charge on any atom is 0.261 e. The molecule has 0 saturated heterocycles. The predicted molar refractivity (Wildman–Crippen MR) is 103 cm³/mol. The Morgan fingerprint density at radius 1 is 1.42 bits per heavy atom. The van der Waals surface area contributed by atoms with Gasteiger partial charge in [0.15, 0.2) is 5.11 Å². The van der Waals surface area contributed by atoms with Gasteiger partial charge >= 0.3 is 0 Å². The number of anilines is 1. The molecule has 1 aromatic carbocycles. The van der Waals surface area contributed by atoms with Crippen LogP contribution in [0.1, 0.15) is 26.4 Å². The molecule has 2 rings (SSSR count). The Hall–Kier alpha value is -1.95. The van der Waals surface area contributed by atoms with Crippen LogP contribution in [0.15, 0.2) is 22.7 Å². The van der Waals surface area contributed by atoms with Crippen LogP contribution >= 0.6 is 39.5 Å². The minimum absolute atomic E-state index is 0.125. The van der Waals surface area contributed by atoms with Gasteiger partial charge in [0.05, 0.1) is 18.2 Å². The van der Waals surface area contributed by atoms with Crippen molar-refractivity contribution in [3.63, 3.8) is 0 Å². The molecule has 8 heteroatoms. The first-order chi connectivity index (χ1) is 11.4. The monoisotopic (exact) mass is 423 g/mol. The van der Waals surface area contributed by atoms with Gasteiger partial charge in [-0.15, -0.1) is 11.3 Å². The average Bonchev–Trinajstić information content (AvgIpc) is 2.80. The molecule has 0 spiro atoms. The molecule has 2 aromatic rings. The number of carbonyl (C=O) groups excluding carboxylic acids is 1. The molecule has 124 valence electrons. The van der Waals surface area contributed by atoms with Crippen LogP contribution in [-0.4, -0.2) is 18.1 Å². The first-order valence-electron chi connectivity index (χ1n) is 6.83. The van der Waals surface area contributed by atoms with E-state index in [2.05, 4.69) is 32.6 Å². The molecule has 0 aliphatic heterocycles. The van der Waals surface area contributed by atoms with E-state index in [1.54, 1.807) is 18.2 Å². The van der Waals surface area contributed by atoms with Crippen molar-refractivity contribution in [3.05, 3.63) is 44.2 Å². The number of amides is 1. The number of aryl methyl sites for hydroxylation is 1. The summed E-state index contributed by atoms with van der Waals surface area (Å²) in [6.07, 6.45) is 0. The molecule has 0 aliphatic rings.